The lowest BCUT2D eigenvalue weighted by Crippen LogP contribution is -2.50. The van der Waals surface area contributed by atoms with Crippen molar-refractivity contribution in [1.29, 1.82) is 0 Å². The van der Waals surface area contributed by atoms with Crippen LogP contribution in [0.1, 0.15) is 26.7 Å². The standard InChI is InChI=1S/C19H37N5O6/c1-14(2)18(19(28)23-13-15(20)25)24(4)8-10-30-12-11-29-9-7-22-17(27)6-5-16(26)21-3/h14,18H,5-13H2,1-4H3,(H2,20,25)(H,21,26)(H,22,27)(H,23,28). The predicted octanol–water partition coefficient (Wildman–Crippen LogP) is -1.78. The zero-order valence-corrected chi connectivity index (χ0v) is 18.5. The van der Waals surface area contributed by atoms with Gasteiger partial charge in [-0.15, -0.1) is 0 Å². The fourth-order valence-corrected chi connectivity index (χ4v) is 2.66. The van der Waals surface area contributed by atoms with Crippen molar-refractivity contribution in [1.82, 2.24) is 20.9 Å². The monoisotopic (exact) mass is 431 g/mol. The Bertz CT molecular complexity index is 544. The number of carbonyl (C=O) groups excluding carboxylic acids is 4. The molecule has 0 saturated carbocycles. The molecule has 1 atom stereocenters. The van der Waals surface area contributed by atoms with Crippen molar-refractivity contribution in [3.63, 3.8) is 0 Å². The number of nitrogens with two attached hydrogens (primary N) is 1. The van der Waals surface area contributed by atoms with Gasteiger partial charge in [-0.3, -0.25) is 24.1 Å². The smallest absolute Gasteiger partial charge is 0.238 e. The second kappa shape index (κ2) is 16.5. The minimum absolute atomic E-state index is 0.0535. The molecule has 0 aromatic rings. The average molecular weight is 432 g/mol. The molecule has 0 saturated heterocycles. The first-order chi connectivity index (χ1) is 14.2. The van der Waals surface area contributed by atoms with Gasteiger partial charge in [0.1, 0.15) is 0 Å². The van der Waals surface area contributed by atoms with Gasteiger partial charge in [-0.2, -0.15) is 0 Å². The molecule has 0 aliphatic carbocycles. The van der Waals surface area contributed by atoms with E-state index < -0.39 is 11.9 Å². The van der Waals surface area contributed by atoms with Crippen molar-refractivity contribution in [2.45, 2.75) is 32.7 Å². The SMILES string of the molecule is CNC(=O)CCC(=O)NCCOCCOCCN(C)C(C(=O)NCC(N)=O)C(C)C. The summed E-state index contributed by atoms with van der Waals surface area (Å²) in [6.45, 7) is 6.11. The lowest BCUT2D eigenvalue weighted by atomic mass is 10.0. The molecule has 0 spiro atoms. The van der Waals surface area contributed by atoms with Gasteiger partial charge in [-0.05, 0) is 13.0 Å². The van der Waals surface area contributed by atoms with Crippen molar-refractivity contribution in [3.8, 4) is 0 Å². The Kier molecular flexibility index (Phi) is 15.3. The maximum atomic E-state index is 12.2. The first-order valence-electron chi connectivity index (χ1n) is 10.1. The summed E-state index contributed by atoms with van der Waals surface area (Å²) in [5.41, 5.74) is 5.06. The van der Waals surface area contributed by atoms with Crippen molar-refractivity contribution in [2.75, 3.05) is 60.2 Å². The first kappa shape index (κ1) is 27.8. The van der Waals surface area contributed by atoms with Gasteiger partial charge < -0.3 is 31.2 Å². The van der Waals surface area contributed by atoms with E-state index in [1.54, 1.807) is 0 Å². The van der Waals surface area contributed by atoms with Gasteiger partial charge in [0.15, 0.2) is 0 Å². The predicted molar refractivity (Wildman–Crippen MR) is 111 cm³/mol. The number of primary amides is 1. The van der Waals surface area contributed by atoms with Gasteiger partial charge in [-0.1, -0.05) is 13.8 Å². The van der Waals surface area contributed by atoms with Gasteiger partial charge in [0, 0.05) is 33.0 Å². The Labute approximate surface area is 178 Å². The Morgan fingerprint density at radius 3 is 2.10 bits per heavy atom. The molecule has 11 nitrogen and oxygen atoms in total. The van der Waals surface area contributed by atoms with E-state index in [1.807, 2.05) is 25.8 Å². The van der Waals surface area contributed by atoms with Gasteiger partial charge >= 0.3 is 0 Å². The van der Waals surface area contributed by atoms with Crippen LogP contribution in [0.5, 0.6) is 0 Å². The molecule has 0 bridgehead atoms. The van der Waals surface area contributed by atoms with E-state index in [0.29, 0.717) is 39.5 Å². The van der Waals surface area contributed by atoms with E-state index in [2.05, 4.69) is 16.0 Å². The number of carbonyl (C=O) groups is 4. The van der Waals surface area contributed by atoms with E-state index in [1.165, 1.54) is 7.05 Å². The Balaban J connectivity index is 3.83. The highest BCUT2D eigenvalue weighted by molar-refractivity contribution is 5.87. The number of hydrogen-bond donors (Lipinski definition) is 4. The second-order valence-electron chi connectivity index (χ2n) is 7.10. The van der Waals surface area contributed by atoms with Gasteiger partial charge in [0.2, 0.25) is 23.6 Å². The van der Waals surface area contributed by atoms with Crippen LogP contribution in [0.15, 0.2) is 0 Å². The van der Waals surface area contributed by atoms with Crippen molar-refractivity contribution >= 4 is 23.6 Å². The first-order valence-corrected chi connectivity index (χ1v) is 10.1. The summed E-state index contributed by atoms with van der Waals surface area (Å²) in [6.07, 6.45) is 0.310. The van der Waals surface area contributed by atoms with Gasteiger partial charge in [-0.25, -0.2) is 0 Å². The lowest BCUT2D eigenvalue weighted by molar-refractivity contribution is -0.130. The molecule has 0 fully saturated rings. The van der Waals surface area contributed by atoms with E-state index >= 15 is 0 Å². The summed E-state index contributed by atoms with van der Waals surface area (Å²) >= 11 is 0. The van der Waals surface area contributed by atoms with Crippen LogP contribution < -0.4 is 21.7 Å². The van der Waals surface area contributed by atoms with E-state index in [0.717, 1.165) is 0 Å². The molecule has 0 aliphatic heterocycles. The molecule has 30 heavy (non-hydrogen) atoms. The number of amides is 4. The zero-order chi connectivity index (χ0) is 22.9. The highest BCUT2D eigenvalue weighted by Crippen LogP contribution is 2.09. The van der Waals surface area contributed by atoms with Crippen LogP contribution >= 0.6 is 0 Å². The normalized spacial score (nSPS) is 11.9. The van der Waals surface area contributed by atoms with Crippen molar-refractivity contribution in [2.24, 2.45) is 11.7 Å². The fourth-order valence-electron chi connectivity index (χ4n) is 2.66. The third-order valence-electron chi connectivity index (χ3n) is 4.20. The van der Waals surface area contributed by atoms with Crippen LogP contribution in [-0.4, -0.2) is 94.7 Å². The quantitative estimate of drug-likeness (QED) is 0.199. The van der Waals surface area contributed by atoms with E-state index in [4.69, 9.17) is 15.2 Å². The van der Waals surface area contributed by atoms with Crippen molar-refractivity contribution < 1.29 is 28.7 Å². The molecular weight excluding hydrogens is 394 g/mol. The largest absolute Gasteiger partial charge is 0.378 e. The van der Waals surface area contributed by atoms with Gasteiger partial charge in [0.05, 0.1) is 39.0 Å². The maximum Gasteiger partial charge on any atom is 0.238 e. The molecule has 0 heterocycles. The summed E-state index contributed by atoms with van der Waals surface area (Å²) in [5, 5.41) is 7.66. The van der Waals surface area contributed by atoms with Crippen LogP contribution in [0.3, 0.4) is 0 Å². The highest BCUT2D eigenvalue weighted by Gasteiger charge is 2.26. The minimum Gasteiger partial charge on any atom is -0.378 e. The summed E-state index contributed by atoms with van der Waals surface area (Å²) in [4.78, 5) is 47.5. The zero-order valence-electron chi connectivity index (χ0n) is 18.5. The topological polar surface area (TPSA) is 152 Å². The number of nitrogens with zero attached hydrogens (tertiary/aromatic N) is 1. The molecule has 1 unspecified atom stereocenters. The summed E-state index contributed by atoms with van der Waals surface area (Å²) in [6, 6.07) is -0.392. The second-order valence-corrected chi connectivity index (χ2v) is 7.10. The molecule has 5 N–H and O–H groups in total. The molecule has 11 heteroatoms. The van der Waals surface area contributed by atoms with E-state index in [9.17, 15) is 19.2 Å². The van der Waals surface area contributed by atoms with Crippen LogP contribution in [0.25, 0.3) is 0 Å². The number of ether oxygens (including phenoxy) is 2. The number of likely N-dealkylation sites (N-methyl/N-ethyl adjacent to an activating group) is 1. The van der Waals surface area contributed by atoms with Gasteiger partial charge in [0.25, 0.3) is 0 Å². The molecule has 174 valence electrons. The molecular formula is C19H37N5O6. The minimum atomic E-state index is -0.583. The molecule has 0 aromatic heterocycles. The molecule has 0 radical (unpaired) electrons. The van der Waals surface area contributed by atoms with Crippen LogP contribution in [0.4, 0.5) is 0 Å². The third-order valence-corrected chi connectivity index (χ3v) is 4.20. The molecule has 4 amide bonds. The Morgan fingerprint density at radius 1 is 0.933 bits per heavy atom. The average Bonchev–Trinajstić information content (AvgIpc) is 2.68. The van der Waals surface area contributed by atoms with E-state index in [-0.39, 0.29) is 43.0 Å². The molecule has 0 aliphatic rings. The third kappa shape index (κ3) is 13.9. The molecule has 0 aromatic carbocycles. The van der Waals surface area contributed by atoms with Crippen LogP contribution in [0, 0.1) is 5.92 Å². The van der Waals surface area contributed by atoms with Crippen LogP contribution in [-0.2, 0) is 28.7 Å². The van der Waals surface area contributed by atoms with Crippen LogP contribution in [0.2, 0.25) is 0 Å². The number of hydrogen-bond acceptors (Lipinski definition) is 7. The summed E-state index contributed by atoms with van der Waals surface area (Å²) < 4.78 is 10.9. The Morgan fingerprint density at radius 2 is 1.53 bits per heavy atom. The number of nitrogens with one attached hydrogen (secondary N) is 3. The molecule has 0 rings (SSSR count). The highest BCUT2D eigenvalue weighted by atomic mass is 16.5. The number of rotatable bonds is 17. The summed E-state index contributed by atoms with van der Waals surface area (Å²) in [7, 11) is 3.35. The lowest BCUT2D eigenvalue weighted by Gasteiger charge is -2.29. The van der Waals surface area contributed by atoms with Crippen molar-refractivity contribution in [3.05, 3.63) is 0 Å². The fraction of sp³-hybridized carbons (Fsp3) is 0.789. The maximum absolute atomic E-state index is 12.2. The summed E-state index contributed by atoms with van der Waals surface area (Å²) in [5.74, 6) is -1.14. The Hall–Kier alpha value is -2.24.